The topological polar surface area (TPSA) is 82.7 Å². The van der Waals surface area contributed by atoms with Gasteiger partial charge in [0, 0.05) is 11.6 Å². The summed E-state index contributed by atoms with van der Waals surface area (Å²) in [7, 11) is 0. The molecular formula is C12H15N5O. The lowest BCUT2D eigenvalue weighted by molar-refractivity contribution is -0.121. The van der Waals surface area contributed by atoms with Gasteiger partial charge in [0.1, 0.15) is 11.0 Å². The van der Waals surface area contributed by atoms with Crippen molar-refractivity contribution in [2.75, 3.05) is 18.4 Å². The SMILES string of the molecule is CC(C(=O)Nc1ccc2n[nH]nc2c1)C1CNC1. The van der Waals surface area contributed by atoms with E-state index in [4.69, 9.17) is 0 Å². The smallest absolute Gasteiger partial charge is 0.227 e. The summed E-state index contributed by atoms with van der Waals surface area (Å²) < 4.78 is 0. The van der Waals surface area contributed by atoms with Gasteiger partial charge in [0.05, 0.1) is 0 Å². The number of amides is 1. The van der Waals surface area contributed by atoms with Crippen LogP contribution in [0.4, 0.5) is 5.69 Å². The van der Waals surface area contributed by atoms with Gasteiger partial charge in [0.25, 0.3) is 0 Å². The fraction of sp³-hybridized carbons (Fsp3) is 0.417. The number of hydrogen-bond donors (Lipinski definition) is 3. The number of nitrogens with zero attached hydrogens (tertiary/aromatic N) is 2. The zero-order valence-corrected chi connectivity index (χ0v) is 10.1. The number of H-pyrrole nitrogens is 1. The number of carbonyl (C=O) groups excluding carboxylic acids is 1. The summed E-state index contributed by atoms with van der Waals surface area (Å²) in [5, 5.41) is 16.6. The zero-order chi connectivity index (χ0) is 12.5. The number of anilines is 1. The Balaban J connectivity index is 1.72. The molecule has 94 valence electrons. The molecule has 1 fully saturated rings. The molecule has 2 heterocycles. The van der Waals surface area contributed by atoms with Crippen LogP contribution in [0.5, 0.6) is 0 Å². The van der Waals surface area contributed by atoms with Crippen LogP contribution in [0.1, 0.15) is 6.92 Å². The Morgan fingerprint density at radius 2 is 2.17 bits per heavy atom. The van der Waals surface area contributed by atoms with Crippen LogP contribution in [0.2, 0.25) is 0 Å². The molecule has 1 aliphatic rings. The van der Waals surface area contributed by atoms with Gasteiger partial charge in [-0.25, -0.2) is 0 Å². The van der Waals surface area contributed by atoms with Gasteiger partial charge in [0.15, 0.2) is 0 Å². The average Bonchev–Trinajstić information content (AvgIpc) is 2.73. The van der Waals surface area contributed by atoms with Crippen LogP contribution in [-0.2, 0) is 4.79 Å². The standard InChI is InChI=1S/C12H15N5O/c1-7(8-5-13-6-8)12(18)14-9-2-3-10-11(4-9)16-17-15-10/h2-4,7-8,13H,5-6H2,1H3,(H,14,18)(H,15,16,17). The van der Waals surface area contributed by atoms with E-state index in [1.165, 1.54) is 0 Å². The van der Waals surface area contributed by atoms with Crippen molar-refractivity contribution in [3.8, 4) is 0 Å². The Labute approximate surface area is 104 Å². The van der Waals surface area contributed by atoms with Crippen LogP contribution in [-0.4, -0.2) is 34.4 Å². The van der Waals surface area contributed by atoms with E-state index in [1.807, 2.05) is 25.1 Å². The maximum absolute atomic E-state index is 12.0. The number of rotatable bonds is 3. The minimum absolute atomic E-state index is 0.0271. The van der Waals surface area contributed by atoms with Crippen LogP contribution in [0.25, 0.3) is 11.0 Å². The number of aromatic amines is 1. The molecule has 6 heteroatoms. The van der Waals surface area contributed by atoms with Gasteiger partial charge < -0.3 is 10.6 Å². The molecule has 3 N–H and O–H groups in total. The maximum Gasteiger partial charge on any atom is 0.227 e. The van der Waals surface area contributed by atoms with E-state index < -0.39 is 0 Å². The predicted octanol–water partition coefficient (Wildman–Crippen LogP) is 0.752. The highest BCUT2D eigenvalue weighted by Crippen LogP contribution is 2.20. The molecule has 0 spiro atoms. The van der Waals surface area contributed by atoms with E-state index in [0.717, 1.165) is 29.8 Å². The average molecular weight is 245 g/mol. The van der Waals surface area contributed by atoms with E-state index in [0.29, 0.717) is 5.92 Å². The van der Waals surface area contributed by atoms with E-state index in [9.17, 15) is 4.79 Å². The van der Waals surface area contributed by atoms with E-state index in [2.05, 4.69) is 26.0 Å². The molecule has 6 nitrogen and oxygen atoms in total. The molecule has 1 aromatic carbocycles. The molecule has 3 rings (SSSR count). The molecule has 1 amide bonds. The monoisotopic (exact) mass is 245 g/mol. The lowest BCUT2D eigenvalue weighted by Crippen LogP contribution is -2.48. The Hall–Kier alpha value is -1.95. The maximum atomic E-state index is 12.0. The number of carbonyl (C=O) groups is 1. The Bertz CT molecular complexity index is 575. The molecule has 18 heavy (non-hydrogen) atoms. The molecule has 0 aliphatic carbocycles. The van der Waals surface area contributed by atoms with Crippen LogP contribution in [0, 0.1) is 11.8 Å². The molecule has 1 aromatic heterocycles. The van der Waals surface area contributed by atoms with Crippen molar-refractivity contribution in [3.05, 3.63) is 18.2 Å². The summed E-state index contributed by atoms with van der Waals surface area (Å²) in [6.45, 7) is 3.82. The first-order valence-corrected chi connectivity index (χ1v) is 6.06. The van der Waals surface area contributed by atoms with Crippen LogP contribution in [0.3, 0.4) is 0 Å². The number of benzene rings is 1. The molecule has 1 aliphatic heterocycles. The van der Waals surface area contributed by atoms with Gasteiger partial charge in [0.2, 0.25) is 5.91 Å². The summed E-state index contributed by atoms with van der Waals surface area (Å²) in [6.07, 6.45) is 0. The molecule has 0 saturated carbocycles. The Morgan fingerprint density at radius 3 is 2.89 bits per heavy atom. The van der Waals surface area contributed by atoms with E-state index >= 15 is 0 Å². The molecule has 2 aromatic rings. The van der Waals surface area contributed by atoms with E-state index in [1.54, 1.807) is 0 Å². The molecule has 0 radical (unpaired) electrons. The van der Waals surface area contributed by atoms with Crippen molar-refractivity contribution in [1.29, 1.82) is 0 Å². The second-order valence-electron chi connectivity index (χ2n) is 4.72. The van der Waals surface area contributed by atoms with Crippen molar-refractivity contribution in [1.82, 2.24) is 20.7 Å². The third-order valence-corrected chi connectivity index (χ3v) is 3.52. The van der Waals surface area contributed by atoms with Crippen LogP contribution in [0.15, 0.2) is 18.2 Å². The van der Waals surface area contributed by atoms with Gasteiger partial charge in [-0.2, -0.15) is 15.4 Å². The minimum Gasteiger partial charge on any atom is -0.326 e. The van der Waals surface area contributed by atoms with Gasteiger partial charge in [-0.3, -0.25) is 4.79 Å². The highest BCUT2D eigenvalue weighted by atomic mass is 16.1. The summed E-state index contributed by atoms with van der Waals surface area (Å²) in [4.78, 5) is 12.0. The normalized spacial score (nSPS) is 17.4. The largest absolute Gasteiger partial charge is 0.326 e. The first-order valence-electron chi connectivity index (χ1n) is 6.06. The number of aromatic nitrogens is 3. The second kappa shape index (κ2) is 4.38. The Morgan fingerprint density at radius 1 is 1.39 bits per heavy atom. The molecule has 1 atom stereocenters. The lowest BCUT2D eigenvalue weighted by Gasteiger charge is -2.31. The van der Waals surface area contributed by atoms with Crippen molar-refractivity contribution >= 4 is 22.6 Å². The number of fused-ring (bicyclic) bond motifs is 1. The lowest BCUT2D eigenvalue weighted by atomic mass is 9.88. The summed E-state index contributed by atoms with van der Waals surface area (Å²) in [6, 6.07) is 5.50. The third kappa shape index (κ3) is 1.95. The van der Waals surface area contributed by atoms with Gasteiger partial charge in [-0.05, 0) is 37.2 Å². The summed E-state index contributed by atoms with van der Waals surface area (Å²) >= 11 is 0. The van der Waals surface area contributed by atoms with Gasteiger partial charge >= 0.3 is 0 Å². The quantitative estimate of drug-likeness (QED) is 0.745. The third-order valence-electron chi connectivity index (χ3n) is 3.52. The van der Waals surface area contributed by atoms with Crippen molar-refractivity contribution in [2.24, 2.45) is 11.8 Å². The summed E-state index contributed by atoms with van der Waals surface area (Å²) in [5.41, 5.74) is 2.32. The highest BCUT2D eigenvalue weighted by molar-refractivity contribution is 5.94. The first kappa shape index (κ1) is 11.2. The first-order chi connectivity index (χ1) is 8.74. The molecule has 1 saturated heterocycles. The number of nitrogens with one attached hydrogen (secondary N) is 3. The van der Waals surface area contributed by atoms with Crippen LogP contribution < -0.4 is 10.6 Å². The van der Waals surface area contributed by atoms with Crippen molar-refractivity contribution in [3.63, 3.8) is 0 Å². The van der Waals surface area contributed by atoms with Crippen molar-refractivity contribution in [2.45, 2.75) is 6.92 Å². The fourth-order valence-corrected chi connectivity index (χ4v) is 2.05. The number of hydrogen-bond acceptors (Lipinski definition) is 4. The van der Waals surface area contributed by atoms with Gasteiger partial charge in [-0.15, -0.1) is 0 Å². The Kier molecular flexibility index (Phi) is 2.71. The van der Waals surface area contributed by atoms with E-state index in [-0.39, 0.29) is 11.8 Å². The zero-order valence-electron chi connectivity index (χ0n) is 10.1. The van der Waals surface area contributed by atoms with Gasteiger partial charge in [-0.1, -0.05) is 6.92 Å². The minimum atomic E-state index is 0.0271. The molecular weight excluding hydrogens is 230 g/mol. The molecule has 1 unspecified atom stereocenters. The highest BCUT2D eigenvalue weighted by Gasteiger charge is 2.28. The fourth-order valence-electron chi connectivity index (χ4n) is 2.05. The van der Waals surface area contributed by atoms with Crippen LogP contribution >= 0.6 is 0 Å². The second-order valence-corrected chi connectivity index (χ2v) is 4.72. The predicted molar refractivity (Wildman–Crippen MR) is 68.0 cm³/mol. The summed E-state index contributed by atoms with van der Waals surface area (Å²) in [5.74, 6) is 0.532. The molecule has 0 bridgehead atoms. The van der Waals surface area contributed by atoms with Crippen molar-refractivity contribution < 1.29 is 4.79 Å².